The van der Waals surface area contributed by atoms with Crippen molar-refractivity contribution in [3.8, 4) is 0 Å². The lowest BCUT2D eigenvalue weighted by Crippen LogP contribution is -2.27. The monoisotopic (exact) mass is 414 g/mol. The van der Waals surface area contributed by atoms with Gasteiger partial charge in [-0.2, -0.15) is 5.10 Å². The molecule has 2 aromatic carbocycles. The van der Waals surface area contributed by atoms with Crippen LogP contribution in [0.2, 0.25) is 0 Å². The Hall–Kier alpha value is -2.47. The number of hydrogen-bond acceptors (Lipinski definition) is 3. The largest absolute Gasteiger partial charge is 0.481 e. The van der Waals surface area contributed by atoms with Crippen molar-refractivity contribution in [2.45, 2.75) is 32.2 Å². The summed E-state index contributed by atoms with van der Waals surface area (Å²) in [4.78, 5) is 23.4. The number of carboxylic acid groups (broad SMARTS) is 1. The van der Waals surface area contributed by atoms with Gasteiger partial charge in [-0.05, 0) is 30.2 Å². The van der Waals surface area contributed by atoms with Crippen LogP contribution in [-0.2, 0) is 9.59 Å². The molecule has 0 unspecified atom stereocenters. The SMILES string of the molecule is Cc1ccc(C2=NN(C(=O)CCC(=O)O)[C@@H](c3cccc(Br)c3)C2)cc1. The number of carboxylic acids is 1. The van der Waals surface area contributed by atoms with Gasteiger partial charge in [-0.1, -0.05) is 57.9 Å². The number of carbonyl (C=O) groups excluding carboxylic acids is 1. The molecule has 0 radical (unpaired) electrons. The predicted octanol–water partition coefficient (Wildman–Crippen LogP) is 4.30. The van der Waals surface area contributed by atoms with E-state index in [1.165, 1.54) is 5.01 Å². The normalized spacial score (nSPS) is 16.5. The molecule has 1 aliphatic rings. The molecule has 0 fully saturated rings. The van der Waals surface area contributed by atoms with Crippen LogP contribution in [0.1, 0.15) is 42.0 Å². The highest BCUT2D eigenvalue weighted by molar-refractivity contribution is 9.10. The lowest BCUT2D eigenvalue weighted by atomic mass is 9.98. The van der Waals surface area contributed by atoms with E-state index in [4.69, 9.17) is 5.11 Å². The van der Waals surface area contributed by atoms with Crippen molar-refractivity contribution in [2.24, 2.45) is 5.10 Å². The summed E-state index contributed by atoms with van der Waals surface area (Å²) in [5.41, 5.74) is 3.93. The fourth-order valence-electron chi connectivity index (χ4n) is 2.96. The Balaban J connectivity index is 1.91. The molecule has 1 N–H and O–H groups in total. The fraction of sp³-hybridized carbons (Fsp3) is 0.250. The van der Waals surface area contributed by atoms with Gasteiger partial charge in [-0.3, -0.25) is 9.59 Å². The van der Waals surface area contributed by atoms with E-state index in [0.29, 0.717) is 6.42 Å². The summed E-state index contributed by atoms with van der Waals surface area (Å²) in [6.07, 6.45) is 0.332. The van der Waals surface area contributed by atoms with Gasteiger partial charge in [0.15, 0.2) is 0 Å². The van der Waals surface area contributed by atoms with Gasteiger partial charge in [-0.15, -0.1) is 0 Å². The molecular weight excluding hydrogens is 396 g/mol. The van der Waals surface area contributed by atoms with Crippen LogP contribution in [0.4, 0.5) is 0 Å². The highest BCUT2D eigenvalue weighted by Gasteiger charge is 2.33. The highest BCUT2D eigenvalue weighted by Crippen LogP contribution is 2.34. The molecule has 0 bridgehead atoms. The first-order valence-corrected chi connectivity index (χ1v) is 9.17. The number of nitrogens with zero attached hydrogens (tertiary/aromatic N) is 2. The maximum atomic E-state index is 12.6. The first-order valence-electron chi connectivity index (χ1n) is 8.38. The zero-order valence-electron chi connectivity index (χ0n) is 14.4. The average molecular weight is 415 g/mol. The van der Waals surface area contributed by atoms with E-state index in [1.54, 1.807) is 0 Å². The molecule has 3 rings (SSSR count). The molecule has 1 atom stereocenters. The second kappa shape index (κ2) is 7.83. The summed E-state index contributed by atoms with van der Waals surface area (Å²) in [7, 11) is 0. The summed E-state index contributed by atoms with van der Waals surface area (Å²) >= 11 is 3.47. The Labute approximate surface area is 160 Å². The van der Waals surface area contributed by atoms with Gasteiger partial charge in [-0.25, -0.2) is 5.01 Å². The Morgan fingerprint density at radius 2 is 1.92 bits per heavy atom. The molecular formula is C20H19BrN2O3. The van der Waals surface area contributed by atoms with E-state index in [0.717, 1.165) is 26.9 Å². The van der Waals surface area contributed by atoms with Gasteiger partial charge < -0.3 is 5.11 Å². The fourth-order valence-corrected chi connectivity index (χ4v) is 3.38. The molecule has 6 heteroatoms. The van der Waals surface area contributed by atoms with E-state index in [9.17, 15) is 9.59 Å². The van der Waals surface area contributed by atoms with E-state index in [-0.39, 0.29) is 24.8 Å². The molecule has 0 aliphatic carbocycles. The van der Waals surface area contributed by atoms with Crippen LogP contribution in [0, 0.1) is 6.92 Å². The van der Waals surface area contributed by atoms with E-state index in [2.05, 4.69) is 21.0 Å². The van der Waals surface area contributed by atoms with Crippen molar-refractivity contribution in [2.75, 3.05) is 0 Å². The van der Waals surface area contributed by atoms with E-state index >= 15 is 0 Å². The number of hydrogen-bond donors (Lipinski definition) is 1. The van der Waals surface area contributed by atoms with Gasteiger partial charge in [0.2, 0.25) is 5.91 Å². The zero-order chi connectivity index (χ0) is 18.7. The van der Waals surface area contributed by atoms with Crippen molar-refractivity contribution < 1.29 is 14.7 Å². The minimum absolute atomic E-state index is 0.0650. The summed E-state index contributed by atoms with van der Waals surface area (Å²) in [6.45, 7) is 2.02. The van der Waals surface area contributed by atoms with Gasteiger partial charge in [0.1, 0.15) is 0 Å². The molecule has 134 valence electrons. The van der Waals surface area contributed by atoms with Crippen LogP contribution in [-0.4, -0.2) is 27.7 Å². The molecule has 1 aliphatic heterocycles. The standard InChI is InChI=1S/C20H19BrN2O3/c1-13-5-7-14(8-6-13)17-12-18(15-3-2-4-16(21)11-15)23(22-17)19(24)9-10-20(25)26/h2-8,11,18H,9-10,12H2,1H3,(H,25,26)/t18-/m1/s1. The molecule has 5 nitrogen and oxygen atoms in total. The summed E-state index contributed by atoms with van der Waals surface area (Å²) in [6, 6.07) is 15.6. The van der Waals surface area contributed by atoms with Crippen LogP contribution in [0.25, 0.3) is 0 Å². The molecule has 1 heterocycles. The summed E-state index contributed by atoms with van der Waals surface area (Å²) in [5.74, 6) is -1.27. The van der Waals surface area contributed by atoms with Gasteiger partial charge in [0, 0.05) is 17.3 Å². The van der Waals surface area contributed by atoms with Crippen LogP contribution in [0.5, 0.6) is 0 Å². The number of rotatable bonds is 5. The minimum atomic E-state index is -0.987. The first kappa shape index (κ1) is 18.3. The first-order chi connectivity index (χ1) is 12.4. The Morgan fingerprint density at radius 3 is 2.58 bits per heavy atom. The summed E-state index contributed by atoms with van der Waals surface area (Å²) in [5, 5.41) is 14.9. The van der Waals surface area contributed by atoms with Crippen molar-refractivity contribution in [1.82, 2.24) is 5.01 Å². The van der Waals surface area contributed by atoms with Crippen LogP contribution >= 0.6 is 15.9 Å². The van der Waals surface area contributed by atoms with Crippen molar-refractivity contribution >= 4 is 33.5 Å². The van der Waals surface area contributed by atoms with Crippen molar-refractivity contribution in [3.63, 3.8) is 0 Å². The second-order valence-electron chi connectivity index (χ2n) is 6.32. The topological polar surface area (TPSA) is 70.0 Å². The molecule has 0 saturated carbocycles. The van der Waals surface area contributed by atoms with Crippen molar-refractivity contribution in [1.29, 1.82) is 0 Å². The molecule has 0 spiro atoms. The number of carbonyl (C=O) groups is 2. The quantitative estimate of drug-likeness (QED) is 0.792. The van der Waals surface area contributed by atoms with Gasteiger partial charge >= 0.3 is 5.97 Å². The van der Waals surface area contributed by atoms with Crippen LogP contribution in [0.15, 0.2) is 58.1 Å². The van der Waals surface area contributed by atoms with E-state index < -0.39 is 5.97 Å². The van der Waals surface area contributed by atoms with Crippen LogP contribution in [0.3, 0.4) is 0 Å². The molecule has 1 amide bonds. The Morgan fingerprint density at radius 1 is 1.19 bits per heavy atom. The number of hydrazone groups is 1. The van der Waals surface area contributed by atoms with Crippen LogP contribution < -0.4 is 0 Å². The number of aliphatic carboxylic acids is 1. The third-order valence-electron chi connectivity index (χ3n) is 4.34. The molecule has 0 saturated heterocycles. The highest BCUT2D eigenvalue weighted by atomic mass is 79.9. The second-order valence-corrected chi connectivity index (χ2v) is 7.24. The lowest BCUT2D eigenvalue weighted by molar-refractivity contribution is -0.141. The Kier molecular flexibility index (Phi) is 5.52. The smallest absolute Gasteiger partial charge is 0.303 e. The third-order valence-corrected chi connectivity index (χ3v) is 4.83. The predicted molar refractivity (Wildman–Crippen MR) is 103 cm³/mol. The zero-order valence-corrected chi connectivity index (χ0v) is 15.9. The minimum Gasteiger partial charge on any atom is -0.481 e. The van der Waals surface area contributed by atoms with E-state index in [1.807, 2.05) is 55.5 Å². The number of benzene rings is 2. The number of halogens is 1. The van der Waals surface area contributed by atoms with Gasteiger partial charge in [0.05, 0.1) is 18.2 Å². The third kappa shape index (κ3) is 4.19. The van der Waals surface area contributed by atoms with Gasteiger partial charge in [0.25, 0.3) is 0 Å². The molecule has 0 aromatic heterocycles. The number of aryl methyl sites for hydroxylation is 1. The summed E-state index contributed by atoms with van der Waals surface area (Å²) < 4.78 is 0.928. The lowest BCUT2D eigenvalue weighted by Gasteiger charge is -2.22. The molecule has 26 heavy (non-hydrogen) atoms. The maximum absolute atomic E-state index is 12.6. The van der Waals surface area contributed by atoms with Crippen molar-refractivity contribution in [3.05, 3.63) is 69.7 Å². The molecule has 2 aromatic rings. The Bertz CT molecular complexity index is 862. The maximum Gasteiger partial charge on any atom is 0.303 e. The average Bonchev–Trinajstić information content (AvgIpc) is 3.05. The number of amides is 1.